The molecule has 1 aromatic heterocycles. The van der Waals surface area contributed by atoms with Gasteiger partial charge in [0.25, 0.3) is 0 Å². The molecule has 0 radical (unpaired) electrons. The number of aliphatic hydroxyl groups excluding tert-OH is 1. The van der Waals surface area contributed by atoms with Gasteiger partial charge >= 0.3 is 0 Å². The van der Waals surface area contributed by atoms with E-state index in [0.29, 0.717) is 19.8 Å². The minimum Gasteiger partial charge on any atom is -0.467 e. The van der Waals surface area contributed by atoms with E-state index in [9.17, 15) is 5.11 Å². The Kier molecular flexibility index (Phi) is 4.27. The maximum atomic E-state index is 10.2. The second-order valence-corrected chi connectivity index (χ2v) is 5.53. The number of hydrogen-bond donors (Lipinski definition) is 1. The molecule has 0 spiro atoms. The molecule has 1 N–H and O–H groups in total. The predicted octanol–water partition coefficient (Wildman–Crippen LogP) is 2.53. The van der Waals surface area contributed by atoms with Crippen LogP contribution in [-0.2, 0) is 17.8 Å². The van der Waals surface area contributed by atoms with Gasteiger partial charge in [-0.25, -0.2) is 0 Å². The third kappa shape index (κ3) is 3.28. The average Bonchev–Trinajstić information content (AvgIpc) is 3.10. The maximum absolute atomic E-state index is 10.2. The molecular weight excluding hydrogens is 266 g/mol. The maximum Gasteiger partial charge on any atom is 0.129 e. The molecule has 1 unspecified atom stereocenters. The predicted molar refractivity (Wildman–Crippen MR) is 81.5 cm³/mol. The minimum absolute atomic E-state index is 0.318. The van der Waals surface area contributed by atoms with Gasteiger partial charge < -0.3 is 19.2 Å². The zero-order chi connectivity index (χ0) is 14.7. The monoisotopic (exact) mass is 287 g/mol. The van der Waals surface area contributed by atoms with Gasteiger partial charge in [-0.3, -0.25) is 0 Å². The molecule has 0 saturated heterocycles. The molecule has 1 aliphatic heterocycles. The number of aryl methyl sites for hydroxylation is 1. The van der Waals surface area contributed by atoms with E-state index in [-0.39, 0.29) is 0 Å². The number of nitrogens with zero attached hydrogens (tertiary/aromatic N) is 1. The third-order valence-electron chi connectivity index (χ3n) is 3.85. The summed E-state index contributed by atoms with van der Waals surface area (Å²) in [4.78, 5) is 2.26. The quantitative estimate of drug-likeness (QED) is 0.887. The molecule has 0 fully saturated rings. The van der Waals surface area contributed by atoms with Crippen molar-refractivity contribution in [2.24, 2.45) is 0 Å². The molecular formula is C17H21NO3. The van der Waals surface area contributed by atoms with Crippen molar-refractivity contribution in [1.82, 2.24) is 0 Å². The van der Waals surface area contributed by atoms with E-state index in [0.717, 1.165) is 18.7 Å². The van der Waals surface area contributed by atoms with Gasteiger partial charge in [0.1, 0.15) is 12.4 Å². The SMILES string of the molecule is Cc1cccc2c1N(CC(O)COCc1ccco1)CC2. The van der Waals surface area contributed by atoms with Crippen molar-refractivity contribution < 1.29 is 14.3 Å². The van der Waals surface area contributed by atoms with E-state index in [2.05, 4.69) is 30.0 Å². The first-order valence-electron chi connectivity index (χ1n) is 7.35. The van der Waals surface area contributed by atoms with Gasteiger partial charge in [0.2, 0.25) is 0 Å². The van der Waals surface area contributed by atoms with E-state index in [1.54, 1.807) is 6.26 Å². The number of β-amino-alcohol motifs (C(OH)–C–C–N with tert-alkyl or cyclic N) is 1. The summed E-state index contributed by atoms with van der Waals surface area (Å²) < 4.78 is 10.7. The fourth-order valence-corrected chi connectivity index (χ4v) is 2.92. The first-order chi connectivity index (χ1) is 10.2. The van der Waals surface area contributed by atoms with E-state index in [4.69, 9.17) is 9.15 Å². The minimum atomic E-state index is -0.495. The van der Waals surface area contributed by atoms with Gasteiger partial charge in [0, 0.05) is 18.8 Å². The highest BCUT2D eigenvalue weighted by Crippen LogP contribution is 2.31. The van der Waals surface area contributed by atoms with Crippen molar-refractivity contribution in [3.8, 4) is 0 Å². The summed E-state index contributed by atoms with van der Waals surface area (Å²) in [6.07, 6.45) is 2.18. The van der Waals surface area contributed by atoms with Crippen LogP contribution >= 0.6 is 0 Å². The highest BCUT2D eigenvalue weighted by molar-refractivity contribution is 5.62. The van der Waals surface area contributed by atoms with E-state index in [1.165, 1.54) is 16.8 Å². The third-order valence-corrected chi connectivity index (χ3v) is 3.85. The van der Waals surface area contributed by atoms with Crippen molar-refractivity contribution >= 4 is 5.69 Å². The molecule has 2 aromatic rings. The number of hydrogen-bond acceptors (Lipinski definition) is 4. The number of furan rings is 1. The van der Waals surface area contributed by atoms with Crippen LogP contribution in [0.1, 0.15) is 16.9 Å². The summed E-state index contributed by atoms with van der Waals surface area (Å²) >= 11 is 0. The highest BCUT2D eigenvalue weighted by Gasteiger charge is 2.22. The molecule has 112 valence electrons. The summed E-state index contributed by atoms with van der Waals surface area (Å²) in [5, 5.41) is 10.2. The Hall–Kier alpha value is -1.78. The van der Waals surface area contributed by atoms with Crippen molar-refractivity contribution in [2.75, 3.05) is 24.6 Å². The van der Waals surface area contributed by atoms with E-state index < -0.39 is 6.10 Å². The number of ether oxygens (including phenoxy) is 1. The molecule has 4 heteroatoms. The molecule has 0 bridgehead atoms. The number of fused-ring (bicyclic) bond motifs is 1. The smallest absolute Gasteiger partial charge is 0.129 e. The average molecular weight is 287 g/mol. The zero-order valence-electron chi connectivity index (χ0n) is 12.3. The number of para-hydroxylation sites is 1. The van der Waals surface area contributed by atoms with Gasteiger partial charge in [-0.2, -0.15) is 0 Å². The second kappa shape index (κ2) is 6.33. The van der Waals surface area contributed by atoms with Crippen molar-refractivity contribution in [1.29, 1.82) is 0 Å². The normalized spacial score (nSPS) is 15.2. The zero-order valence-corrected chi connectivity index (χ0v) is 12.3. The van der Waals surface area contributed by atoms with Crippen LogP contribution in [0.4, 0.5) is 5.69 Å². The highest BCUT2D eigenvalue weighted by atomic mass is 16.5. The Bertz CT molecular complexity index is 580. The molecule has 0 aliphatic carbocycles. The molecule has 21 heavy (non-hydrogen) atoms. The molecule has 1 aromatic carbocycles. The van der Waals surface area contributed by atoms with Crippen molar-refractivity contribution in [3.63, 3.8) is 0 Å². The lowest BCUT2D eigenvalue weighted by molar-refractivity contribution is 0.0257. The van der Waals surface area contributed by atoms with E-state index >= 15 is 0 Å². The number of rotatable bonds is 6. The Morgan fingerprint density at radius 1 is 1.33 bits per heavy atom. The Morgan fingerprint density at radius 2 is 2.24 bits per heavy atom. The van der Waals surface area contributed by atoms with Crippen LogP contribution in [0.2, 0.25) is 0 Å². The van der Waals surface area contributed by atoms with Gasteiger partial charge in [0.15, 0.2) is 0 Å². The van der Waals surface area contributed by atoms with Crippen LogP contribution in [0, 0.1) is 6.92 Å². The Balaban J connectivity index is 1.51. The number of aliphatic hydroxyl groups is 1. The van der Waals surface area contributed by atoms with E-state index in [1.807, 2.05) is 12.1 Å². The fourth-order valence-electron chi connectivity index (χ4n) is 2.92. The molecule has 0 saturated carbocycles. The molecule has 0 amide bonds. The summed E-state index contributed by atoms with van der Waals surface area (Å²) in [5.74, 6) is 0.782. The van der Waals surface area contributed by atoms with Crippen LogP contribution in [0.5, 0.6) is 0 Å². The summed E-state index contributed by atoms with van der Waals surface area (Å²) in [7, 11) is 0. The van der Waals surface area contributed by atoms with Crippen LogP contribution < -0.4 is 4.90 Å². The lowest BCUT2D eigenvalue weighted by Crippen LogP contribution is -2.34. The molecule has 2 heterocycles. The number of benzene rings is 1. The second-order valence-electron chi connectivity index (χ2n) is 5.53. The van der Waals surface area contributed by atoms with Crippen LogP contribution in [0.3, 0.4) is 0 Å². The largest absolute Gasteiger partial charge is 0.467 e. The first kappa shape index (κ1) is 14.2. The first-order valence-corrected chi connectivity index (χ1v) is 7.35. The van der Waals surface area contributed by atoms with Crippen LogP contribution in [0.25, 0.3) is 0 Å². The standard InChI is InChI=1S/C17H21NO3/c1-13-4-2-5-14-7-8-18(17(13)14)10-15(19)11-20-12-16-6-3-9-21-16/h2-6,9,15,19H,7-8,10-12H2,1H3. The Morgan fingerprint density at radius 3 is 3.05 bits per heavy atom. The lowest BCUT2D eigenvalue weighted by Gasteiger charge is -2.24. The van der Waals surface area contributed by atoms with Gasteiger partial charge in [-0.1, -0.05) is 18.2 Å². The van der Waals surface area contributed by atoms with Crippen LogP contribution in [0.15, 0.2) is 41.0 Å². The lowest BCUT2D eigenvalue weighted by atomic mass is 10.1. The fraction of sp³-hybridized carbons (Fsp3) is 0.412. The Labute approximate surface area is 124 Å². The van der Waals surface area contributed by atoms with Crippen LogP contribution in [-0.4, -0.2) is 30.9 Å². The van der Waals surface area contributed by atoms with Gasteiger partial charge in [0.05, 0.1) is 19.0 Å². The van der Waals surface area contributed by atoms with Gasteiger partial charge in [-0.05, 0) is 36.6 Å². The summed E-state index contributed by atoms with van der Waals surface area (Å²) in [5.41, 5.74) is 3.93. The molecule has 1 aliphatic rings. The number of anilines is 1. The molecule has 1 atom stereocenters. The summed E-state index contributed by atoms with van der Waals surface area (Å²) in [6, 6.07) is 10.1. The molecule has 3 rings (SSSR count). The topological polar surface area (TPSA) is 45.8 Å². The molecule has 4 nitrogen and oxygen atoms in total. The van der Waals surface area contributed by atoms with Crippen molar-refractivity contribution in [3.05, 3.63) is 53.5 Å². The summed E-state index contributed by atoms with van der Waals surface area (Å²) in [6.45, 7) is 4.42. The van der Waals surface area contributed by atoms with Gasteiger partial charge in [-0.15, -0.1) is 0 Å². The van der Waals surface area contributed by atoms with Crippen molar-refractivity contribution in [2.45, 2.75) is 26.1 Å².